The van der Waals surface area contributed by atoms with E-state index in [-0.39, 0.29) is 0 Å². The maximum absolute atomic E-state index is 5.83. The SMILES string of the molecule is CC(COc1cnc2ccccc2n1)N1CCN(C)CC1. The minimum absolute atomic E-state index is 0.395. The molecule has 3 rings (SSSR count). The van der Waals surface area contributed by atoms with Crippen LogP contribution in [0.25, 0.3) is 11.0 Å². The van der Waals surface area contributed by atoms with Gasteiger partial charge < -0.3 is 9.64 Å². The molecule has 0 radical (unpaired) electrons. The van der Waals surface area contributed by atoms with E-state index < -0.39 is 0 Å². The molecule has 1 aliphatic rings. The number of likely N-dealkylation sites (N-methyl/N-ethyl adjacent to an activating group) is 1. The number of hydrogen-bond donors (Lipinski definition) is 0. The van der Waals surface area contributed by atoms with Gasteiger partial charge in [0, 0.05) is 32.2 Å². The van der Waals surface area contributed by atoms with Crippen LogP contribution >= 0.6 is 0 Å². The van der Waals surface area contributed by atoms with E-state index in [0.717, 1.165) is 37.2 Å². The Hall–Kier alpha value is -1.72. The Morgan fingerprint density at radius 1 is 1.14 bits per heavy atom. The van der Waals surface area contributed by atoms with Gasteiger partial charge in [-0.25, -0.2) is 9.97 Å². The summed E-state index contributed by atoms with van der Waals surface area (Å²) in [4.78, 5) is 13.7. The average Bonchev–Trinajstić information content (AvgIpc) is 2.53. The Morgan fingerprint density at radius 3 is 2.62 bits per heavy atom. The molecule has 1 saturated heterocycles. The second-order valence-corrected chi connectivity index (χ2v) is 5.70. The summed E-state index contributed by atoms with van der Waals surface area (Å²) in [6.45, 7) is 7.31. The van der Waals surface area contributed by atoms with Crippen LogP contribution in [-0.2, 0) is 0 Å². The molecule has 5 nitrogen and oxygen atoms in total. The van der Waals surface area contributed by atoms with Crippen LogP contribution in [0.2, 0.25) is 0 Å². The van der Waals surface area contributed by atoms with Crippen LogP contribution in [0.15, 0.2) is 30.5 Å². The summed E-state index contributed by atoms with van der Waals surface area (Å²) in [5.41, 5.74) is 1.78. The molecule has 0 amide bonds. The van der Waals surface area contributed by atoms with Gasteiger partial charge in [-0.15, -0.1) is 0 Å². The van der Waals surface area contributed by atoms with Crippen molar-refractivity contribution < 1.29 is 4.74 Å². The van der Waals surface area contributed by atoms with Gasteiger partial charge in [-0.3, -0.25) is 4.90 Å². The van der Waals surface area contributed by atoms with Crippen LogP contribution in [0.5, 0.6) is 5.88 Å². The molecular formula is C16H22N4O. The Morgan fingerprint density at radius 2 is 1.86 bits per heavy atom. The molecule has 0 N–H and O–H groups in total. The van der Waals surface area contributed by atoms with Crippen LogP contribution in [-0.4, -0.2) is 65.6 Å². The quantitative estimate of drug-likeness (QED) is 0.855. The summed E-state index contributed by atoms with van der Waals surface area (Å²) in [6, 6.07) is 8.24. The first-order valence-corrected chi connectivity index (χ1v) is 7.49. The maximum atomic E-state index is 5.83. The van der Waals surface area contributed by atoms with Gasteiger partial charge in [-0.1, -0.05) is 12.1 Å². The molecule has 2 heterocycles. The van der Waals surface area contributed by atoms with Crippen LogP contribution in [0, 0.1) is 0 Å². The normalized spacial score (nSPS) is 18.8. The molecule has 5 heteroatoms. The van der Waals surface area contributed by atoms with Gasteiger partial charge in [0.25, 0.3) is 0 Å². The van der Waals surface area contributed by atoms with Crippen molar-refractivity contribution in [3.8, 4) is 5.88 Å². The summed E-state index contributed by atoms with van der Waals surface area (Å²) in [6.07, 6.45) is 1.71. The molecular weight excluding hydrogens is 264 g/mol. The van der Waals surface area contributed by atoms with Crippen molar-refractivity contribution in [2.45, 2.75) is 13.0 Å². The number of aromatic nitrogens is 2. The molecule has 0 spiro atoms. The molecule has 21 heavy (non-hydrogen) atoms. The Balaban J connectivity index is 1.58. The summed E-state index contributed by atoms with van der Waals surface area (Å²) in [5, 5.41) is 0. The molecule has 1 aliphatic heterocycles. The summed E-state index contributed by atoms with van der Waals surface area (Å²) >= 11 is 0. The van der Waals surface area contributed by atoms with E-state index in [1.54, 1.807) is 6.20 Å². The largest absolute Gasteiger partial charge is 0.475 e. The number of piperazine rings is 1. The van der Waals surface area contributed by atoms with E-state index >= 15 is 0 Å². The average molecular weight is 286 g/mol. The Bertz CT molecular complexity index is 596. The molecule has 0 saturated carbocycles. The van der Waals surface area contributed by atoms with Crippen LogP contribution in [0.4, 0.5) is 0 Å². The number of para-hydroxylation sites is 2. The van der Waals surface area contributed by atoms with Crippen molar-refractivity contribution in [3.63, 3.8) is 0 Å². The van der Waals surface area contributed by atoms with E-state index in [4.69, 9.17) is 4.74 Å². The van der Waals surface area contributed by atoms with E-state index in [1.165, 1.54) is 0 Å². The minimum Gasteiger partial charge on any atom is -0.475 e. The summed E-state index contributed by atoms with van der Waals surface area (Å²) in [7, 11) is 2.17. The van der Waals surface area contributed by atoms with Gasteiger partial charge in [-0.2, -0.15) is 0 Å². The molecule has 1 fully saturated rings. The van der Waals surface area contributed by atoms with Crippen molar-refractivity contribution in [2.24, 2.45) is 0 Å². The first kappa shape index (κ1) is 14.2. The highest BCUT2D eigenvalue weighted by molar-refractivity contribution is 5.73. The van der Waals surface area contributed by atoms with Crippen molar-refractivity contribution in [1.29, 1.82) is 0 Å². The van der Waals surface area contributed by atoms with E-state index in [2.05, 4.69) is 33.7 Å². The smallest absolute Gasteiger partial charge is 0.232 e. The topological polar surface area (TPSA) is 41.5 Å². The highest BCUT2D eigenvalue weighted by Gasteiger charge is 2.19. The monoisotopic (exact) mass is 286 g/mol. The second-order valence-electron chi connectivity index (χ2n) is 5.70. The number of ether oxygens (including phenoxy) is 1. The molecule has 0 aliphatic carbocycles. The van der Waals surface area contributed by atoms with Gasteiger partial charge in [-0.05, 0) is 26.1 Å². The van der Waals surface area contributed by atoms with Gasteiger partial charge in [0.15, 0.2) is 0 Å². The number of hydrogen-bond acceptors (Lipinski definition) is 5. The van der Waals surface area contributed by atoms with Gasteiger partial charge in [0.05, 0.1) is 17.2 Å². The number of nitrogens with zero attached hydrogens (tertiary/aromatic N) is 4. The number of benzene rings is 1. The zero-order chi connectivity index (χ0) is 14.7. The molecule has 1 aromatic heterocycles. The number of fused-ring (bicyclic) bond motifs is 1. The van der Waals surface area contributed by atoms with E-state index in [0.29, 0.717) is 18.5 Å². The van der Waals surface area contributed by atoms with Crippen molar-refractivity contribution in [2.75, 3.05) is 39.8 Å². The fourth-order valence-electron chi connectivity index (χ4n) is 2.58. The summed E-state index contributed by atoms with van der Waals surface area (Å²) in [5.74, 6) is 0.606. The van der Waals surface area contributed by atoms with Gasteiger partial charge in [0.2, 0.25) is 5.88 Å². The zero-order valence-corrected chi connectivity index (χ0v) is 12.7. The molecule has 112 valence electrons. The summed E-state index contributed by atoms with van der Waals surface area (Å²) < 4.78 is 5.83. The highest BCUT2D eigenvalue weighted by atomic mass is 16.5. The molecule has 1 atom stereocenters. The first-order chi connectivity index (χ1) is 10.2. The first-order valence-electron chi connectivity index (χ1n) is 7.49. The number of rotatable bonds is 4. The Kier molecular flexibility index (Phi) is 4.31. The minimum atomic E-state index is 0.395. The second kappa shape index (κ2) is 6.37. The molecule has 2 aromatic rings. The maximum Gasteiger partial charge on any atom is 0.232 e. The third kappa shape index (κ3) is 3.49. The van der Waals surface area contributed by atoms with Crippen molar-refractivity contribution >= 4 is 11.0 Å². The van der Waals surface area contributed by atoms with Crippen LogP contribution in [0.3, 0.4) is 0 Å². The van der Waals surface area contributed by atoms with Crippen molar-refractivity contribution in [1.82, 2.24) is 19.8 Å². The van der Waals surface area contributed by atoms with Crippen molar-refractivity contribution in [3.05, 3.63) is 30.5 Å². The van der Waals surface area contributed by atoms with Gasteiger partial charge >= 0.3 is 0 Å². The van der Waals surface area contributed by atoms with Crippen LogP contribution in [0.1, 0.15) is 6.92 Å². The third-order valence-corrected chi connectivity index (χ3v) is 4.06. The lowest BCUT2D eigenvalue weighted by Crippen LogP contribution is -2.49. The van der Waals surface area contributed by atoms with Gasteiger partial charge in [0.1, 0.15) is 6.61 Å². The standard InChI is InChI=1S/C16H22N4O/c1-13(20-9-7-19(2)8-10-20)12-21-16-11-17-14-5-3-4-6-15(14)18-16/h3-6,11,13H,7-10,12H2,1-2H3. The third-order valence-electron chi connectivity index (χ3n) is 4.06. The van der Waals surface area contributed by atoms with E-state index in [1.807, 2.05) is 24.3 Å². The highest BCUT2D eigenvalue weighted by Crippen LogP contribution is 2.14. The molecule has 1 unspecified atom stereocenters. The van der Waals surface area contributed by atoms with Crippen LogP contribution < -0.4 is 4.74 Å². The fourth-order valence-corrected chi connectivity index (χ4v) is 2.58. The predicted octanol–water partition coefficient (Wildman–Crippen LogP) is 1.64. The lowest BCUT2D eigenvalue weighted by atomic mass is 10.2. The Labute approximate surface area is 125 Å². The molecule has 1 aromatic carbocycles. The van der Waals surface area contributed by atoms with E-state index in [9.17, 15) is 0 Å². The lowest BCUT2D eigenvalue weighted by Gasteiger charge is -2.36. The lowest BCUT2D eigenvalue weighted by molar-refractivity contribution is 0.0891. The predicted molar refractivity (Wildman–Crippen MR) is 83.6 cm³/mol. The zero-order valence-electron chi connectivity index (χ0n) is 12.7. The fraction of sp³-hybridized carbons (Fsp3) is 0.500. The molecule has 0 bridgehead atoms.